The van der Waals surface area contributed by atoms with Crippen LogP contribution in [0, 0.1) is 6.92 Å². The molecule has 0 saturated heterocycles. The highest BCUT2D eigenvalue weighted by Gasteiger charge is 2.09. The molecule has 3 N–H and O–H groups in total. The molecule has 120 valence electrons. The van der Waals surface area contributed by atoms with E-state index < -0.39 is 0 Å². The van der Waals surface area contributed by atoms with Crippen LogP contribution in [-0.2, 0) is 0 Å². The van der Waals surface area contributed by atoms with Gasteiger partial charge in [-0.2, -0.15) is 0 Å². The standard InChI is InChI=1S/C18H33N3/c1-3-4-5-6-7-8-9-10-11-12-18(21-19)17-13-16(2)14-20-15-17/h13-15,18,21H,3-12,19H2,1-2H3. The summed E-state index contributed by atoms with van der Waals surface area (Å²) >= 11 is 0. The zero-order valence-electron chi connectivity index (χ0n) is 13.9. The zero-order chi connectivity index (χ0) is 15.3. The number of nitrogens with two attached hydrogens (primary N) is 1. The Hall–Kier alpha value is -0.930. The van der Waals surface area contributed by atoms with Crippen molar-refractivity contribution in [1.82, 2.24) is 10.4 Å². The van der Waals surface area contributed by atoms with E-state index in [1.54, 1.807) is 0 Å². The smallest absolute Gasteiger partial charge is 0.0475 e. The average Bonchev–Trinajstić information content (AvgIpc) is 2.49. The van der Waals surface area contributed by atoms with Gasteiger partial charge in [0.05, 0.1) is 0 Å². The summed E-state index contributed by atoms with van der Waals surface area (Å²) in [4.78, 5) is 4.25. The molecular formula is C18H33N3. The molecule has 0 saturated carbocycles. The predicted molar refractivity (Wildman–Crippen MR) is 90.9 cm³/mol. The fourth-order valence-electron chi connectivity index (χ4n) is 2.77. The van der Waals surface area contributed by atoms with Gasteiger partial charge in [-0.3, -0.25) is 16.3 Å². The summed E-state index contributed by atoms with van der Waals surface area (Å²) in [6.07, 6.45) is 17.1. The minimum atomic E-state index is 0.238. The molecule has 1 heterocycles. The van der Waals surface area contributed by atoms with E-state index in [2.05, 4.69) is 30.3 Å². The number of nitrogens with one attached hydrogen (secondary N) is 1. The summed E-state index contributed by atoms with van der Waals surface area (Å²) in [5, 5.41) is 0. The molecule has 0 radical (unpaired) electrons. The Bertz CT molecular complexity index is 365. The number of hydrazine groups is 1. The number of aryl methyl sites for hydroxylation is 1. The second-order valence-corrected chi connectivity index (χ2v) is 6.13. The third kappa shape index (κ3) is 8.18. The Kier molecular flexibility index (Phi) is 10.1. The number of unbranched alkanes of at least 4 members (excludes halogenated alkanes) is 8. The van der Waals surface area contributed by atoms with Crippen molar-refractivity contribution in [2.45, 2.75) is 84.1 Å². The number of rotatable bonds is 12. The van der Waals surface area contributed by atoms with E-state index in [4.69, 9.17) is 5.84 Å². The summed E-state index contributed by atoms with van der Waals surface area (Å²) in [6, 6.07) is 2.41. The van der Waals surface area contributed by atoms with E-state index >= 15 is 0 Å². The first-order valence-corrected chi connectivity index (χ1v) is 8.65. The SMILES string of the molecule is CCCCCCCCCCCC(NN)c1cncc(C)c1. The molecule has 1 rings (SSSR count). The van der Waals surface area contributed by atoms with Gasteiger partial charge in [-0.05, 0) is 24.5 Å². The summed E-state index contributed by atoms with van der Waals surface area (Å²) < 4.78 is 0. The van der Waals surface area contributed by atoms with Crippen LogP contribution in [0.15, 0.2) is 18.5 Å². The molecule has 1 atom stereocenters. The molecule has 0 bridgehead atoms. The number of nitrogens with zero attached hydrogens (tertiary/aromatic N) is 1. The van der Waals surface area contributed by atoms with Crippen LogP contribution in [-0.4, -0.2) is 4.98 Å². The van der Waals surface area contributed by atoms with Crippen molar-refractivity contribution in [2.24, 2.45) is 5.84 Å². The first-order valence-electron chi connectivity index (χ1n) is 8.65. The van der Waals surface area contributed by atoms with Crippen LogP contribution >= 0.6 is 0 Å². The topological polar surface area (TPSA) is 50.9 Å². The molecule has 1 aromatic rings. The monoisotopic (exact) mass is 291 g/mol. The number of aromatic nitrogens is 1. The van der Waals surface area contributed by atoms with Gasteiger partial charge >= 0.3 is 0 Å². The largest absolute Gasteiger partial charge is 0.271 e. The molecular weight excluding hydrogens is 258 g/mol. The van der Waals surface area contributed by atoms with Crippen molar-refractivity contribution in [3.63, 3.8) is 0 Å². The van der Waals surface area contributed by atoms with E-state index in [1.807, 2.05) is 12.4 Å². The Balaban J connectivity index is 2.10. The van der Waals surface area contributed by atoms with Gasteiger partial charge in [-0.1, -0.05) is 70.8 Å². The summed E-state index contributed by atoms with van der Waals surface area (Å²) in [6.45, 7) is 4.34. The molecule has 0 amide bonds. The lowest BCUT2D eigenvalue weighted by Gasteiger charge is -2.16. The minimum Gasteiger partial charge on any atom is -0.271 e. The van der Waals surface area contributed by atoms with Gasteiger partial charge < -0.3 is 0 Å². The predicted octanol–water partition coefficient (Wildman–Crippen LogP) is 4.82. The fraction of sp³-hybridized carbons (Fsp3) is 0.722. The van der Waals surface area contributed by atoms with Gasteiger partial charge in [0, 0.05) is 18.4 Å². The maximum Gasteiger partial charge on any atom is 0.0475 e. The number of hydrogen-bond acceptors (Lipinski definition) is 3. The highest BCUT2D eigenvalue weighted by molar-refractivity contribution is 5.19. The quantitative estimate of drug-likeness (QED) is 0.330. The van der Waals surface area contributed by atoms with Crippen LogP contribution in [0.3, 0.4) is 0 Å². The number of hydrogen-bond donors (Lipinski definition) is 2. The second kappa shape index (κ2) is 11.7. The van der Waals surface area contributed by atoms with Gasteiger partial charge in [0.2, 0.25) is 0 Å². The summed E-state index contributed by atoms with van der Waals surface area (Å²) in [5.41, 5.74) is 5.33. The maximum absolute atomic E-state index is 5.69. The Morgan fingerprint density at radius 1 is 1.00 bits per heavy atom. The molecule has 1 aromatic heterocycles. The average molecular weight is 291 g/mol. The third-order valence-corrected chi connectivity index (χ3v) is 4.10. The fourth-order valence-corrected chi connectivity index (χ4v) is 2.77. The molecule has 0 aliphatic carbocycles. The Labute approximate surface area is 130 Å². The molecule has 0 fully saturated rings. The van der Waals surface area contributed by atoms with Crippen LogP contribution in [0.1, 0.15) is 88.3 Å². The molecule has 0 aliphatic heterocycles. The van der Waals surface area contributed by atoms with Gasteiger partial charge in [0.25, 0.3) is 0 Å². The van der Waals surface area contributed by atoms with Gasteiger partial charge in [-0.15, -0.1) is 0 Å². The van der Waals surface area contributed by atoms with Crippen molar-refractivity contribution in [3.05, 3.63) is 29.6 Å². The molecule has 21 heavy (non-hydrogen) atoms. The molecule has 0 spiro atoms. The van der Waals surface area contributed by atoms with E-state index in [-0.39, 0.29) is 6.04 Å². The van der Waals surface area contributed by atoms with Gasteiger partial charge in [-0.25, -0.2) is 0 Å². The van der Waals surface area contributed by atoms with Crippen molar-refractivity contribution >= 4 is 0 Å². The lowest BCUT2D eigenvalue weighted by Crippen LogP contribution is -2.28. The van der Waals surface area contributed by atoms with E-state index in [9.17, 15) is 0 Å². The molecule has 0 aromatic carbocycles. The third-order valence-electron chi connectivity index (χ3n) is 4.10. The van der Waals surface area contributed by atoms with E-state index in [1.165, 1.54) is 68.9 Å². The molecule has 3 nitrogen and oxygen atoms in total. The first kappa shape index (κ1) is 18.1. The molecule has 3 heteroatoms. The van der Waals surface area contributed by atoms with Crippen molar-refractivity contribution < 1.29 is 0 Å². The van der Waals surface area contributed by atoms with Crippen LogP contribution in [0.2, 0.25) is 0 Å². The minimum absolute atomic E-state index is 0.238. The van der Waals surface area contributed by atoms with Gasteiger partial charge in [0.15, 0.2) is 0 Å². The van der Waals surface area contributed by atoms with Crippen LogP contribution < -0.4 is 11.3 Å². The summed E-state index contributed by atoms with van der Waals surface area (Å²) in [5.74, 6) is 5.69. The maximum atomic E-state index is 5.69. The van der Waals surface area contributed by atoms with Crippen molar-refractivity contribution in [3.8, 4) is 0 Å². The van der Waals surface area contributed by atoms with Crippen LogP contribution in [0.5, 0.6) is 0 Å². The van der Waals surface area contributed by atoms with Crippen LogP contribution in [0.4, 0.5) is 0 Å². The van der Waals surface area contributed by atoms with E-state index in [0.717, 1.165) is 6.42 Å². The first-order chi connectivity index (χ1) is 10.3. The molecule has 0 aliphatic rings. The van der Waals surface area contributed by atoms with E-state index in [0.29, 0.717) is 0 Å². The van der Waals surface area contributed by atoms with Crippen LogP contribution in [0.25, 0.3) is 0 Å². The summed E-state index contributed by atoms with van der Waals surface area (Å²) in [7, 11) is 0. The van der Waals surface area contributed by atoms with Gasteiger partial charge in [0.1, 0.15) is 0 Å². The number of pyridine rings is 1. The zero-order valence-corrected chi connectivity index (χ0v) is 13.9. The van der Waals surface area contributed by atoms with Crippen molar-refractivity contribution in [2.75, 3.05) is 0 Å². The van der Waals surface area contributed by atoms with Crippen molar-refractivity contribution in [1.29, 1.82) is 0 Å². The second-order valence-electron chi connectivity index (χ2n) is 6.13. The molecule has 1 unspecified atom stereocenters. The normalized spacial score (nSPS) is 12.5. The Morgan fingerprint density at radius 2 is 1.62 bits per heavy atom. The highest BCUT2D eigenvalue weighted by Crippen LogP contribution is 2.20. The lowest BCUT2D eigenvalue weighted by molar-refractivity contribution is 0.473. The Morgan fingerprint density at radius 3 is 2.19 bits per heavy atom. The lowest BCUT2D eigenvalue weighted by atomic mass is 10.0. The highest BCUT2D eigenvalue weighted by atomic mass is 15.2.